The van der Waals surface area contributed by atoms with E-state index < -0.39 is 0 Å². The minimum atomic E-state index is -0.108. The highest BCUT2D eigenvalue weighted by atomic mass is 32.1. The van der Waals surface area contributed by atoms with E-state index in [1.165, 1.54) is 5.56 Å². The number of carbonyl (C=O) groups excluding carboxylic acids is 1. The van der Waals surface area contributed by atoms with Crippen LogP contribution >= 0.6 is 22.7 Å². The van der Waals surface area contributed by atoms with E-state index in [0.29, 0.717) is 12.3 Å². The van der Waals surface area contributed by atoms with Gasteiger partial charge in [0.05, 0.1) is 25.1 Å². The standard InChI is InChI=1S/C21H21NO3S2/c1-13-6-7-19(27-13)21(23)22-9-8-14-11-16(24-2)17(25-3)12-15(14)20(22)18-5-4-10-26-18/h4-7,10-12,20H,8-9H2,1-3H3/t20-/m1/s1. The van der Waals surface area contributed by atoms with Gasteiger partial charge in [-0.15, -0.1) is 22.7 Å². The molecule has 1 aliphatic rings. The van der Waals surface area contributed by atoms with Gasteiger partial charge in [-0.3, -0.25) is 4.79 Å². The number of amides is 1. The third-order valence-electron chi connectivity index (χ3n) is 4.90. The van der Waals surface area contributed by atoms with Crippen LogP contribution in [0.2, 0.25) is 0 Å². The van der Waals surface area contributed by atoms with Crippen molar-refractivity contribution in [2.75, 3.05) is 20.8 Å². The first kappa shape index (κ1) is 18.1. The van der Waals surface area contributed by atoms with Crippen molar-refractivity contribution < 1.29 is 14.3 Å². The van der Waals surface area contributed by atoms with Crippen LogP contribution in [0.3, 0.4) is 0 Å². The van der Waals surface area contributed by atoms with E-state index in [2.05, 4.69) is 11.4 Å². The summed E-state index contributed by atoms with van der Waals surface area (Å²) in [6.45, 7) is 2.71. The molecule has 140 valence electrons. The molecule has 6 heteroatoms. The lowest BCUT2D eigenvalue weighted by molar-refractivity contribution is 0.0702. The number of rotatable bonds is 4. The largest absolute Gasteiger partial charge is 0.493 e. The number of fused-ring (bicyclic) bond motifs is 1. The average Bonchev–Trinajstić information content (AvgIpc) is 3.37. The van der Waals surface area contributed by atoms with Crippen molar-refractivity contribution in [3.8, 4) is 11.5 Å². The second-order valence-corrected chi connectivity index (χ2v) is 8.75. The zero-order valence-corrected chi connectivity index (χ0v) is 17.2. The number of hydrogen-bond donors (Lipinski definition) is 0. The molecule has 0 fully saturated rings. The quantitative estimate of drug-likeness (QED) is 0.625. The van der Waals surface area contributed by atoms with Crippen molar-refractivity contribution in [1.82, 2.24) is 4.90 Å². The Morgan fingerprint density at radius 2 is 1.93 bits per heavy atom. The lowest BCUT2D eigenvalue weighted by Crippen LogP contribution is -2.40. The van der Waals surface area contributed by atoms with Crippen LogP contribution in [0.25, 0.3) is 0 Å². The number of carbonyl (C=O) groups is 1. The van der Waals surface area contributed by atoms with Crippen LogP contribution in [0, 0.1) is 6.92 Å². The first-order valence-electron chi connectivity index (χ1n) is 8.78. The highest BCUT2D eigenvalue weighted by Gasteiger charge is 2.34. The van der Waals surface area contributed by atoms with Crippen molar-refractivity contribution in [3.63, 3.8) is 0 Å². The first-order chi connectivity index (χ1) is 13.1. The smallest absolute Gasteiger partial charge is 0.264 e. The Labute approximate surface area is 167 Å². The molecular weight excluding hydrogens is 378 g/mol. The van der Waals surface area contributed by atoms with Crippen molar-refractivity contribution in [3.05, 3.63) is 67.5 Å². The van der Waals surface area contributed by atoms with Crippen LogP contribution in [0.4, 0.5) is 0 Å². The number of aryl methyl sites for hydroxylation is 1. The summed E-state index contributed by atoms with van der Waals surface area (Å²) < 4.78 is 11.0. The second-order valence-electron chi connectivity index (χ2n) is 6.48. The maximum atomic E-state index is 13.3. The molecule has 1 aliphatic heterocycles. The van der Waals surface area contributed by atoms with Crippen LogP contribution in [0.15, 0.2) is 41.8 Å². The summed E-state index contributed by atoms with van der Waals surface area (Å²) >= 11 is 3.23. The zero-order valence-electron chi connectivity index (χ0n) is 15.5. The van der Waals surface area contributed by atoms with E-state index in [4.69, 9.17) is 9.47 Å². The van der Waals surface area contributed by atoms with Gasteiger partial charge in [-0.1, -0.05) is 6.07 Å². The van der Waals surface area contributed by atoms with Crippen LogP contribution in [0.1, 0.15) is 36.6 Å². The molecule has 1 atom stereocenters. The summed E-state index contributed by atoms with van der Waals surface area (Å²) in [6.07, 6.45) is 0.799. The predicted octanol–water partition coefficient (Wildman–Crippen LogP) is 4.92. The molecule has 0 saturated carbocycles. The van der Waals surface area contributed by atoms with Crippen LogP contribution in [-0.2, 0) is 6.42 Å². The van der Waals surface area contributed by atoms with Gasteiger partial charge >= 0.3 is 0 Å². The zero-order chi connectivity index (χ0) is 19.0. The minimum Gasteiger partial charge on any atom is -0.493 e. The number of benzene rings is 1. The average molecular weight is 400 g/mol. The summed E-state index contributed by atoms with van der Waals surface area (Å²) in [7, 11) is 3.29. The van der Waals surface area contributed by atoms with Crippen molar-refractivity contribution >= 4 is 28.6 Å². The van der Waals surface area contributed by atoms with Gasteiger partial charge in [0.25, 0.3) is 5.91 Å². The van der Waals surface area contributed by atoms with E-state index in [1.54, 1.807) is 36.9 Å². The third-order valence-corrected chi connectivity index (χ3v) is 6.81. The Kier molecular flexibility index (Phi) is 4.93. The second kappa shape index (κ2) is 7.37. The summed E-state index contributed by atoms with van der Waals surface area (Å²) in [6, 6.07) is 12.0. The normalized spacial score (nSPS) is 16.1. The van der Waals surface area contributed by atoms with Gasteiger partial charge in [0.2, 0.25) is 0 Å². The summed E-state index contributed by atoms with van der Waals surface area (Å²) in [4.78, 5) is 18.4. The van der Waals surface area contributed by atoms with Gasteiger partial charge in [0.15, 0.2) is 11.5 Å². The van der Waals surface area contributed by atoms with Gasteiger partial charge in [-0.05, 0) is 60.2 Å². The minimum absolute atomic E-state index is 0.0898. The number of hydrogen-bond acceptors (Lipinski definition) is 5. The van der Waals surface area contributed by atoms with Gasteiger partial charge in [0, 0.05) is 16.3 Å². The molecule has 1 amide bonds. The molecule has 3 heterocycles. The highest BCUT2D eigenvalue weighted by molar-refractivity contribution is 7.14. The molecule has 4 nitrogen and oxygen atoms in total. The van der Waals surface area contributed by atoms with E-state index >= 15 is 0 Å². The summed E-state index contributed by atoms with van der Waals surface area (Å²) in [5.74, 6) is 1.51. The van der Waals surface area contributed by atoms with E-state index in [0.717, 1.165) is 32.4 Å². The molecule has 0 N–H and O–H groups in total. The number of nitrogens with zero attached hydrogens (tertiary/aromatic N) is 1. The highest BCUT2D eigenvalue weighted by Crippen LogP contribution is 2.42. The molecule has 2 aromatic heterocycles. The molecule has 0 radical (unpaired) electrons. The third kappa shape index (κ3) is 3.24. The SMILES string of the molecule is COc1cc2c(cc1OC)[C@H](c1cccs1)N(C(=O)c1ccc(C)s1)CC2. The van der Waals surface area contributed by atoms with E-state index in [9.17, 15) is 4.79 Å². The van der Waals surface area contributed by atoms with E-state index in [-0.39, 0.29) is 11.9 Å². The molecular formula is C21H21NO3S2. The van der Waals surface area contributed by atoms with Gasteiger partial charge in [-0.25, -0.2) is 0 Å². The molecule has 1 aromatic carbocycles. The molecule has 0 aliphatic carbocycles. The Balaban J connectivity index is 1.82. The van der Waals surface area contributed by atoms with Crippen molar-refractivity contribution in [2.24, 2.45) is 0 Å². The lowest BCUT2D eigenvalue weighted by Gasteiger charge is -2.37. The number of methoxy groups -OCH3 is 2. The predicted molar refractivity (Wildman–Crippen MR) is 110 cm³/mol. The summed E-state index contributed by atoms with van der Waals surface area (Å²) in [5.41, 5.74) is 2.32. The fourth-order valence-corrected chi connectivity index (χ4v) is 5.29. The van der Waals surface area contributed by atoms with Crippen molar-refractivity contribution in [2.45, 2.75) is 19.4 Å². The Morgan fingerprint density at radius 3 is 2.56 bits per heavy atom. The fraction of sp³-hybridized carbons (Fsp3) is 0.286. The lowest BCUT2D eigenvalue weighted by atomic mass is 9.90. The first-order valence-corrected chi connectivity index (χ1v) is 10.5. The molecule has 0 unspecified atom stereocenters. The maximum Gasteiger partial charge on any atom is 0.264 e. The Morgan fingerprint density at radius 1 is 1.15 bits per heavy atom. The molecule has 0 bridgehead atoms. The fourth-order valence-electron chi connectivity index (χ4n) is 3.61. The summed E-state index contributed by atoms with van der Waals surface area (Å²) in [5, 5.41) is 2.06. The Bertz CT molecular complexity index is 962. The molecule has 0 spiro atoms. The van der Waals surface area contributed by atoms with Crippen LogP contribution in [0.5, 0.6) is 11.5 Å². The van der Waals surface area contributed by atoms with Gasteiger partial charge in [0.1, 0.15) is 0 Å². The molecule has 27 heavy (non-hydrogen) atoms. The van der Waals surface area contributed by atoms with E-state index in [1.807, 2.05) is 42.2 Å². The van der Waals surface area contributed by atoms with Crippen molar-refractivity contribution in [1.29, 1.82) is 0 Å². The number of ether oxygens (including phenoxy) is 2. The molecule has 3 aromatic rings. The van der Waals surface area contributed by atoms with Gasteiger partial charge < -0.3 is 14.4 Å². The topological polar surface area (TPSA) is 38.8 Å². The number of thiophene rings is 2. The Hall–Kier alpha value is -2.31. The monoisotopic (exact) mass is 399 g/mol. The maximum absolute atomic E-state index is 13.3. The molecule has 4 rings (SSSR count). The van der Waals surface area contributed by atoms with Crippen LogP contribution < -0.4 is 9.47 Å². The van der Waals surface area contributed by atoms with Crippen LogP contribution in [-0.4, -0.2) is 31.6 Å². The van der Waals surface area contributed by atoms with Gasteiger partial charge in [-0.2, -0.15) is 0 Å². The molecule has 0 saturated heterocycles.